The Balaban J connectivity index is 2.39. The zero-order valence-corrected chi connectivity index (χ0v) is 11.2. The average molecular weight is 249 g/mol. The number of carbonyl (C=O) groups is 1. The first-order chi connectivity index (χ1) is 7.99. The molecular weight excluding hydrogens is 234 g/mol. The third-order valence-electron chi connectivity index (χ3n) is 2.70. The second-order valence-corrected chi connectivity index (χ2v) is 5.23. The zero-order valence-electron chi connectivity index (χ0n) is 10.4. The van der Waals surface area contributed by atoms with Crippen LogP contribution in [0.2, 0.25) is 0 Å². The van der Waals surface area contributed by atoms with Crippen molar-refractivity contribution in [3.05, 3.63) is 23.3 Å². The van der Waals surface area contributed by atoms with Gasteiger partial charge in [0.25, 0.3) is 0 Å². The van der Waals surface area contributed by atoms with Crippen molar-refractivity contribution >= 4 is 32.7 Å². The van der Waals surface area contributed by atoms with Crippen molar-refractivity contribution in [2.24, 2.45) is 0 Å². The maximum absolute atomic E-state index is 11.5. The van der Waals surface area contributed by atoms with Gasteiger partial charge < -0.3 is 4.90 Å². The summed E-state index contributed by atoms with van der Waals surface area (Å²) in [7, 11) is 3.41. The molecule has 1 aromatic carbocycles. The first kappa shape index (κ1) is 11.9. The maximum atomic E-state index is 11.5. The van der Waals surface area contributed by atoms with E-state index in [1.165, 1.54) is 27.4 Å². The van der Waals surface area contributed by atoms with E-state index in [-0.39, 0.29) is 6.03 Å². The maximum Gasteiger partial charge on any atom is 0.323 e. The van der Waals surface area contributed by atoms with Gasteiger partial charge in [-0.05, 0) is 31.0 Å². The molecule has 2 amide bonds. The molecule has 0 fully saturated rings. The average Bonchev–Trinajstić information content (AvgIpc) is 2.67. The Kier molecular flexibility index (Phi) is 3.02. The van der Waals surface area contributed by atoms with E-state index in [4.69, 9.17) is 0 Å². The van der Waals surface area contributed by atoms with Crippen molar-refractivity contribution in [2.45, 2.75) is 13.8 Å². The minimum Gasteiger partial charge on any atom is -0.331 e. The molecule has 0 bridgehead atoms. The van der Waals surface area contributed by atoms with Gasteiger partial charge in [-0.15, -0.1) is 0 Å². The van der Waals surface area contributed by atoms with Crippen LogP contribution in [0.4, 0.5) is 9.93 Å². The number of aromatic nitrogens is 1. The normalized spacial score (nSPS) is 10.6. The van der Waals surface area contributed by atoms with Crippen LogP contribution in [0.3, 0.4) is 0 Å². The summed E-state index contributed by atoms with van der Waals surface area (Å²) < 4.78 is 1.10. The van der Waals surface area contributed by atoms with Gasteiger partial charge in [-0.1, -0.05) is 17.4 Å². The molecule has 17 heavy (non-hydrogen) atoms. The number of anilines is 1. The van der Waals surface area contributed by atoms with Gasteiger partial charge in [-0.3, -0.25) is 5.32 Å². The monoisotopic (exact) mass is 249 g/mol. The highest BCUT2D eigenvalue weighted by Gasteiger charge is 2.10. The number of fused-ring (bicyclic) bond motifs is 1. The number of amides is 2. The van der Waals surface area contributed by atoms with Crippen LogP contribution in [0.25, 0.3) is 10.2 Å². The Hall–Kier alpha value is -1.62. The number of nitrogens with zero attached hydrogens (tertiary/aromatic N) is 2. The summed E-state index contributed by atoms with van der Waals surface area (Å²) in [5, 5.41) is 3.42. The fraction of sp³-hybridized carbons (Fsp3) is 0.333. The van der Waals surface area contributed by atoms with Crippen LogP contribution < -0.4 is 5.32 Å². The van der Waals surface area contributed by atoms with Crippen LogP contribution >= 0.6 is 11.3 Å². The predicted molar refractivity (Wildman–Crippen MR) is 71.8 cm³/mol. The topological polar surface area (TPSA) is 45.2 Å². The van der Waals surface area contributed by atoms with Crippen LogP contribution in [0.5, 0.6) is 0 Å². The van der Waals surface area contributed by atoms with Gasteiger partial charge in [0.1, 0.15) is 0 Å². The molecular formula is C12H15N3OS. The van der Waals surface area contributed by atoms with E-state index >= 15 is 0 Å². The summed E-state index contributed by atoms with van der Waals surface area (Å²) in [4.78, 5) is 17.5. The minimum atomic E-state index is -0.154. The molecule has 0 radical (unpaired) electrons. The number of benzene rings is 1. The Morgan fingerprint density at radius 3 is 2.71 bits per heavy atom. The summed E-state index contributed by atoms with van der Waals surface area (Å²) in [6.45, 7) is 4.11. The highest BCUT2D eigenvalue weighted by Crippen LogP contribution is 2.29. The van der Waals surface area contributed by atoms with E-state index in [2.05, 4.69) is 30.2 Å². The quantitative estimate of drug-likeness (QED) is 0.844. The van der Waals surface area contributed by atoms with E-state index in [1.54, 1.807) is 14.1 Å². The van der Waals surface area contributed by atoms with E-state index < -0.39 is 0 Å². The third kappa shape index (κ3) is 2.24. The molecule has 90 valence electrons. The van der Waals surface area contributed by atoms with Crippen LogP contribution in [0, 0.1) is 13.8 Å². The number of hydrogen-bond acceptors (Lipinski definition) is 3. The smallest absolute Gasteiger partial charge is 0.323 e. The highest BCUT2D eigenvalue weighted by molar-refractivity contribution is 7.22. The molecule has 0 saturated heterocycles. The summed E-state index contributed by atoms with van der Waals surface area (Å²) in [5.41, 5.74) is 3.36. The van der Waals surface area contributed by atoms with Crippen LogP contribution in [-0.2, 0) is 0 Å². The number of urea groups is 1. The molecule has 0 saturated carbocycles. The first-order valence-electron chi connectivity index (χ1n) is 5.34. The van der Waals surface area contributed by atoms with Crippen molar-refractivity contribution in [1.82, 2.24) is 9.88 Å². The molecule has 4 nitrogen and oxygen atoms in total. The molecule has 1 heterocycles. The number of carbonyl (C=O) groups excluding carboxylic acids is 1. The molecule has 1 N–H and O–H groups in total. The Morgan fingerprint density at radius 2 is 2.06 bits per heavy atom. The SMILES string of the molecule is Cc1ccc2sc(NC(=O)N(C)C)nc2c1C. The van der Waals surface area contributed by atoms with Crippen molar-refractivity contribution in [2.75, 3.05) is 19.4 Å². The van der Waals surface area contributed by atoms with Crippen molar-refractivity contribution in [1.29, 1.82) is 0 Å². The van der Waals surface area contributed by atoms with E-state index in [0.29, 0.717) is 5.13 Å². The first-order valence-corrected chi connectivity index (χ1v) is 6.15. The molecule has 0 aliphatic heterocycles. The van der Waals surface area contributed by atoms with E-state index in [9.17, 15) is 4.79 Å². The lowest BCUT2D eigenvalue weighted by molar-refractivity contribution is 0.230. The Morgan fingerprint density at radius 1 is 1.35 bits per heavy atom. The van der Waals surface area contributed by atoms with Crippen LogP contribution in [-0.4, -0.2) is 30.0 Å². The second-order valence-electron chi connectivity index (χ2n) is 4.20. The lowest BCUT2D eigenvalue weighted by atomic mass is 10.1. The molecule has 0 spiro atoms. The van der Waals surface area contributed by atoms with Crippen molar-refractivity contribution in [3.8, 4) is 0 Å². The van der Waals surface area contributed by atoms with Gasteiger partial charge >= 0.3 is 6.03 Å². The highest BCUT2D eigenvalue weighted by atomic mass is 32.1. The van der Waals surface area contributed by atoms with E-state index in [0.717, 1.165) is 10.2 Å². The Labute approximate surface area is 104 Å². The standard InChI is InChI=1S/C12H15N3OS/c1-7-5-6-9-10(8(7)2)13-11(17-9)14-12(16)15(3)4/h5-6H,1-4H3,(H,13,14,16). The fourth-order valence-corrected chi connectivity index (χ4v) is 2.40. The molecule has 2 aromatic rings. The zero-order chi connectivity index (χ0) is 12.6. The molecule has 5 heteroatoms. The molecule has 1 aromatic heterocycles. The molecule has 0 atom stereocenters. The van der Waals surface area contributed by atoms with Crippen LogP contribution in [0.1, 0.15) is 11.1 Å². The van der Waals surface area contributed by atoms with Gasteiger partial charge in [0, 0.05) is 14.1 Å². The van der Waals surface area contributed by atoms with Gasteiger partial charge in [0.2, 0.25) is 0 Å². The summed E-state index contributed by atoms with van der Waals surface area (Å²) >= 11 is 1.50. The van der Waals surface area contributed by atoms with Gasteiger partial charge in [0.15, 0.2) is 5.13 Å². The van der Waals surface area contributed by atoms with Gasteiger partial charge in [-0.2, -0.15) is 0 Å². The minimum absolute atomic E-state index is 0.154. The number of rotatable bonds is 1. The van der Waals surface area contributed by atoms with Crippen molar-refractivity contribution in [3.63, 3.8) is 0 Å². The fourth-order valence-electron chi connectivity index (χ4n) is 1.48. The molecule has 0 aliphatic carbocycles. The molecule has 0 unspecified atom stereocenters. The van der Waals surface area contributed by atoms with Crippen molar-refractivity contribution < 1.29 is 4.79 Å². The molecule has 2 rings (SSSR count). The largest absolute Gasteiger partial charge is 0.331 e. The van der Waals surface area contributed by atoms with E-state index in [1.807, 2.05) is 6.07 Å². The predicted octanol–water partition coefficient (Wildman–Crippen LogP) is 3.01. The Bertz CT molecular complexity index is 574. The van der Waals surface area contributed by atoms with Gasteiger partial charge in [0.05, 0.1) is 10.2 Å². The number of nitrogens with one attached hydrogen (secondary N) is 1. The summed E-state index contributed by atoms with van der Waals surface area (Å²) in [5.74, 6) is 0. The lowest BCUT2D eigenvalue weighted by Gasteiger charge is -2.09. The molecule has 0 aliphatic rings. The van der Waals surface area contributed by atoms with Gasteiger partial charge in [-0.25, -0.2) is 9.78 Å². The number of thiazole rings is 1. The van der Waals surface area contributed by atoms with Crippen LogP contribution in [0.15, 0.2) is 12.1 Å². The second kappa shape index (κ2) is 4.33. The lowest BCUT2D eigenvalue weighted by Crippen LogP contribution is -2.27. The number of hydrogen-bond donors (Lipinski definition) is 1. The summed E-state index contributed by atoms with van der Waals surface area (Å²) in [6.07, 6.45) is 0. The number of aryl methyl sites for hydroxylation is 2. The summed E-state index contributed by atoms with van der Waals surface area (Å²) in [6, 6.07) is 3.96. The third-order valence-corrected chi connectivity index (χ3v) is 3.64.